The van der Waals surface area contributed by atoms with Gasteiger partial charge in [0.2, 0.25) is 5.82 Å². The number of hydrogen-bond donors (Lipinski definition) is 4. The van der Waals surface area contributed by atoms with Gasteiger partial charge >= 0.3 is 5.76 Å². The Hall–Kier alpha value is -3.89. The Kier molecular flexibility index (Phi) is 4.05. The quantitative estimate of drug-likeness (QED) is 0.287. The number of amidine groups is 1. The molecule has 3 heterocycles. The molecule has 0 radical (unpaired) electrons. The predicted octanol–water partition coefficient (Wildman–Crippen LogP) is 0.0661. The van der Waals surface area contributed by atoms with E-state index >= 15 is 0 Å². The molecule has 0 fully saturated rings. The molecule has 0 aliphatic carbocycles. The Balaban J connectivity index is 1.69. The second-order valence-electron chi connectivity index (χ2n) is 4.47. The molecule has 24 heavy (non-hydrogen) atoms. The molecule has 0 amide bonds. The van der Waals surface area contributed by atoms with Gasteiger partial charge in [0.1, 0.15) is 17.2 Å². The highest BCUT2D eigenvalue weighted by Gasteiger charge is 2.07. The van der Waals surface area contributed by atoms with Gasteiger partial charge in [0, 0.05) is 0 Å². The first kappa shape index (κ1) is 15.0. The van der Waals surface area contributed by atoms with Crippen LogP contribution in [0.2, 0.25) is 0 Å². The van der Waals surface area contributed by atoms with Crippen LogP contribution in [-0.4, -0.2) is 25.9 Å². The Morgan fingerprint density at radius 2 is 2.08 bits per heavy atom. The molecule has 11 heteroatoms. The van der Waals surface area contributed by atoms with Gasteiger partial charge in [-0.05, 0) is 29.4 Å². The smallest absolute Gasteiger partial charge is 0.384 e. The average molecular weight is 328 g/mol. The lowest BCUT2D eigenvalue weighted by molar-refractivity contribution is 0.206. The van der Waals surface area contributed by atoms with Crippen LogP contribution in [0, 0.1) is 0 Å². The van der Waals surface area contributed by atoms with E-state index in [0.29, 0.717) is 23.0 Å². The first-order valence-electron chi connectivity index (χ1n) is 6.63. The van der Waals surface area contributed by atoms with Crippen molar-refractivity contribution in [1.82, 2.24) is 20.1 Å². The Labute approximate surface area is 134 Å². The van der Waals surface area contributed by atoms with Crippen LogP contribution in [0.4, 0.5) is 11.6 Å². The van der Waals surface area contributed by atoms with Gasteiger partial charge in [0.05, 0.1) is 0 Å². The zero-order chi connectivity index (χ0) is 16.9. The maximum atomic E-state index is 11.0. The van der Waals surface area contributed by atoms with Crippen molar-refractivity contribution < 1.29 is 9.46 Å². The van der Waals surface area contributed by atoms with Gasteiger partial charge in [0.15, 0.2) is 11.7 Å². The van der Waals surface area contributed by atoms with Crippen LogP contribution in [0.15, 0.2) is 50.9 Å². The highest BCUT2D eigenvalue weighted by Crippen LogP contribution is 2.13. The first-order chi connectivity index (χ1) is 11.6. The molecule has 0 unspecified atom stereocenters. The van der Waals surface area contributed by atoms with Crippen LogP contribution in [0.3, 0.4) is 0 Å². The Morgan fingerprint density at radius 1 is 1.25 bits per heavy atom. The van der Waals surface area contributed by atoms with Crippen LogP contribution in [0.1, 0.15) is 5.69 Å². The highest BCUT2D eigenvalue weighted by molar-refractivity contribution is 5.95. The third-order valence-corrected chi connectivity index (χ3v) is 2.76. The lowest BCUT2D eigenvalue weighted by Crippen LogP contribution is -2.17. The van der Waals surface area contributed by atoms with Crippen molar-refractivity contribution in [3.05, 3.63) is 52.6 Å². The minimum absolute atomic E-state index is 0.0341. The van der Waals surface area contributed by atoms with Gasteiger partial charge < -0.3 is 11.5 Å². The van der Waals surface area contributed by atoms with Crippen LogP contribution in [-0.2, 0) is 4.94 Å². The molecule has 3 rings (SSSR count). The zero-order valence-corrected chi connectivity index (χ0v) is 12.1. The van der Waals surface area contributed by atoms with Gasteiger partial charge in [-0.25, -0.2) is 14.8 Å². The summed E-state index contributed by atoms with van der Waals surface area (Å²) in [7, 11) is 0. The zero-order valence-electron chi connectivity index (χ0n) is 12.1. The normalized spacial score (nSPS) is 11.2. The van der Waals surface area contributed by atoms with Crippen molar-refractivity contribution in [3.8, 4) is 11.5 Å². The third-order valence-electron chi connectivity index (χ3n) is 2.76. The predicted molar refractivity (Wildman–Crippen MR) is 84.4 cm³/mol. The standard InChI is InChI=1S/C13H12N8O3/c14-9-5-1-3-7(16-9)11(15)20-24-19-10-6-2-4-8(17-10)12-18-13(22)23-21-12/h1-6H,(H2,14,16)(H2,15,20)(H,17,19)(H,18,21,22). The van der Waals surface area contributed by atoms with E-state index in [0.717, 1.165) is 0 Å². The summed E-state index contributed by atoms with van der Waals surface area (Å²) < 4.78 is 4.42. The minimum atomic E-state index is -0.673. The molecule has 0 saturated carbocycles. The number of oxime groups is 1. The van der Waals surface area contributed by atoms with E-state index in [1.807, 2.05) is 0 Å². The summed E-state index contributed by atoms with van der Waals surface area (Å²) in [4.78, 5) is 26.4. The summed E-state index contributed by atoms with van der Waals surface area (Å²) in [6.07, 6.45) is 0. The number of nitrogen functional groups attached to an aromatic ring is 1. The van der Waals surface area contributed by atoms with Crippen molar-refractivity contribution in [2.24, 2.45) is 10.9 Å². The van der Waals surface area contributed by atoms with Crippen molar-refractivity contribution in [2.45, 2.75) is 0 Å². The number of pyridine rings is 2. The number of anilines is 2. The summed E-state index contributed by atoms with van der Waals surface area (Å²) >= 11 is 0. The van der Waals surface area contributed by atoms with Gasteiger partial charge in [-0.3, -0.25) is 14.4 Å². The van der Waals surface area contributed by atoms with Crippen LogP contribution < -0.4 is 22.7 Å². The Morgan fingerprint density at radius 3 is 2.83 bits per heavy atom. The van der Waals surface area contributed by atoms with Gasteiger partial charge in [-0.15, -0.1) is 0 Å². The molecule has 0 atom stereocenters. The fourth-order valence-electron chi connectivity index (χ4n) is 1.72. The van der Waals surface area contributed by atoms with Crippen molar-refractivity contribution in [3.63, 3.8) is 0 Å². The van der Waals surface area contributed by atoms with E-state index in [1.54, 1.807) is 36.4 Å². The number of aromatic nitrogens is 4. The number of hydrogen-bond acceptors (Lipinski definition) is 9. The topological polar surface area (TPSA) is 170 Å². The van der Waals surface area contributed by atoms with Crippen molar-refractivity contribution in [2.75, 3.05) is 11.2 Å². The summed E-state index contributed by atoms with van der Waals surface area (Å²) in [6, 6.07) is 9.88. The number of aromatic amines is 1. The summed E-state index contributed by atoms with van der Waals surface area (Å²) in [5.41, 5.74) is 14.5. The van der Waals surface area contributed by atoms with Crippen LogP contribution in [0.25, 0.3) is 11.5 Å². The van der Waals surface area contributed by atoms with E-state index in [4.69, 9.17) is 16.4 Å². The lowest BCUT2D eigenvalue weighted by atomic mass is 10.3. The number of H-pyrrole nitrogens is 1. The van der Waals surface area contributed by atoms with Crippen LogP contribution in [0.5, 0.6) is 0 Å². The fourth-order valence-corrected chi connectivity index (χ4v) is 1.72. The molecule has 0 saturated heterocycles. The molecule has 0 bridgehead atoms. The van der Waals surface area contributed by atoms with Crippen LogP contribution >= 0.6 is 0 Å². The summed E-state index contributed by atoms with van der Waals surface area (Å²) in [5, 5.41) is 7.21. The SMILES string of the molecule is NC(=NONc1cccc(-c2noc(=O)[nH]2)n1)c1cccc(N)n1. The molecule has 0 aliphatic heterocycles. The van der Waals surface area contributed by atoms with E-state index in [-0.39, 0.29) is 11.7 Å². The molecule has 0 aromatic carbocycles. The van der Waals surface area contributed by atoms with Crippen molar-refractivity contribution in [1.29, 1.82) is 0 Å². The number of nitrogens with two attached hydrogens (primary N) is 2. The monoisotopic (exact) mass is 328 g/mol. The minimum Gasteiger partial charge on any atom is -0.384 e. The van der Waals surface area contributed by atoms with Gasteiger partial charge in [-0.2, -0.15) is 5.48 Å². The number of rotatable bonds is 5. The number of nitrogens with zero attached hydrogens (tertiary/aromatic N) is 4. The molecule has 3 aromatic heterocycles. The average Bonchev–Trinajstić information content (AvgIpc) is 3.02. The maximum Gasteiger partial charge on any atom is 0.439 e. The summed E-state index contributed by atoms with van der Waals surface area (Å²) in [6.45, 7) is 0. The lowest BCUT2D eigenvalue weighted by Gasteiger charge is -2.04. The second-order valence-corrected chi connectivity index (χ2v) is 4.47. The molecule has 0 aliphatic rings. The summed E-state index contributed by atoms with van der Waals surface area (Å²) in [5.74, 6) is 0.179. The van der Waals surface area contributed by atoms with Gasteiger partial charge in [0.25, 0.3) is 0 Å². The highest BCUT2D eigenvalue weighted by atomic mass is 16.8. The van der Waals surface area contributed by atoms with Crippen molar-refractivity contribution >= 4 is 17.5 Å². The second kappa shape index (κ2) is 6.48. The molecular weight excluding hydrogens is 316 g/mol. The van der Waals surface area contributed by atoms with E-state index in [1.165, 1.54) is 0 Å². The maximum absolute atomic E-state index is 11.0. The third kappa shape index (κ3) is 3.47. The largest absolute Gasteiger partial charge is 0.439 e. The number of nitrogens with one attached hydrogen (secondary N) is 2. The molecular formula is C13H12N8O3. The fraction of sp³-hybridized carbons (Fsp3) is 0. The first-order valence-corrected chi connectivity index (χ1v) is 6.63. The van der Waals surface area contributed by atoms with Gasteiger partial charge in [-0.1, -0.05) is 17.3 Å². The molecule has 122 valence electrons. The van der Waals surface area contributed by atoms with E-state index in [2.05, 4.69) is 35.3 Å². The molecule has 0 spiro atoms. The van der Waals surface area contributed by atoms with E-state index < -0.39 is 5.76 Å². The molecule has 3 aromatic rings. The Bertz CT molecular complexity index is 932. The molecule has 11 nitrogen and oxygen atoms in total. The van der Waals surface area contributed by atoms with E-state index in [9.17, 15) is 4.79 Å². The molecule has 6 N–H and O–H groups in total.